The molecule has 1 nitrogen and oxygen atoms in total. The Kier molecular flexibility index (Phi) is 4.77. The first-order valence-corrected chi connectivity index (χ1v) is 9.17. The van der Waals surface area contributed by atoms with Crippen LogP contribution in [0, 0.1) is 5.41 Å². The van der Waals surface area contributed by atoms with Gasteiger partial charge in [0.2, 0.25) is 0 Å². The summed E-state index contributed by atoms with van der Waals surface area (Å²) in [7, 11) is 0. The topological polar surface area (TPSA) is 20.2 Å². The van der Waals surface area contributed by atoms with Gasteiger partial charge >= 0.3 is 0 Å². The summed E-state index contributed by atoms with van der Waals surface area (Å²) in [5.41, 5.74) is 8.93. The Hall–Kier alpha value is -2.38. The van der Waals surface area contributed by atoms with Crippen molar-refractivity contribution in [3.8, 4) is 0 Å². The maximum absolute atomic E-state index is 11.2. The minimum absolute atomic E-state index is 0.341. The van der Waals surface area contributed by atoms with E-state index in [9.17, 15) is 5.11 Å². The van der Waals surface area contributed by atoms with Crippen LogP contribution in [0.4, 0.5) is 0 Å². The van der Waals surface area contributed by atoms with Crippen LogP contribution >= 0.6 is 0 Å². The lowest BCUT2D eigenvalue weighted by atomic mass is 9.72. The van der Waals surface area contributed by atoms with E-state index in [1.165, 1.54) is 22.3 Å². The molecule has 26 heavy (non-hydrogen) atoms. The van der Waals surface area contributed by atoms with Gasteiger partial charge in [0, 0.05) is 5.41 Å². The molecule has 0 aliphatic heterocycles. The van der Waals surface area contributed by atoms with E-state index in [0.717, 1.165) is 22.3 Å². The van der Waals surface area contributed by atoms with Crippen LogP contribution in [0.15, 0.2) is 83.5 Å². The summed E-state index contributed by atoms with van der Waals surface area (Å²) < 4.78 is 0. The Bertz CT molecular complexity index is 871. The summed E-state index contributed by atoms with van der Waals surface area (Å²) in [6.07, 6.45) is -0.561. The van der Waals surface area contributed by atoms with E-state index in [0.29, 0.717) is 0 Å². The predicted octanol–water partition coefficient (Wildman–Crippen LogP) is 6.47. The zero-order chi connectivity index (χ0) is 19.1. The van der Waals surface area contributed by atoms with E-state index in [4.69, 9.17) is 0 Å². The molecule has 134 valence electrons. The average Bonchev–Trinajstić information content (AvgIpc) is 2.83. The van der Waals surface area contributed by atoms with Gasteiger partial charge in [-0.05, 0) is 68.0 Å². The number of hydrogen-bond acceptors (Lipinski definition) is 1. The van der Waals surface area contributed by atoms with Crippen molar-refractivity contribution in [2.75, 3.05) is 0 Å². The quantitative estimate of drug-likeness (QED) is 0.673. The smallest absolute Gasteiger partial charge is 0.0918 e. The lowest BCUT2D eigenvalue weighted by Gasteiger charge is -2.35. The molecule has 1 N–H and O–H groups in total. The molecule has 3 rings (SSSR count). The first-order chi connectivity index (χ1) is 12.3. The molecule has 2 aromatic carbocycles. The van der Waals surface area contributed by atoms with Gasteiger partial charge < -0.3 is 5.11 Å². The van der Waals surface area contributed by atoms with E-state index >= 15 is 0 Å². The Morgan fingerprint density at radius 1 is 0.808 bits per heavy atom. The van der Waals surface area contributed by atoms with Crippen LogP contribution in [0.5, 0.6) is 0 Å². The second kappa shape index (κ2) is 6.74. The molecular formula is C25H28O. The molecule has 0 bridgehead atoms. The van der Waals surface area contributed by atoms with Crippen molar-refractivity contribution >= 4 is 5.57 Å². The highest BCUT2D eigenvalue weighted by Gasteiger charge is 2.42. The highest BCUT2D eigenvalue weighted by Crippen LogP contribution is 2.53. The van der Waals surface area contributed by atoms with Gasteiger partial charge in [0.25, 0.3) is 0 Å². The summed E-state index contributed by atoms with van der Waals surface area (Å²) in [6.45, 7) is 15.0. The monoisotopic (exact) mass is 344 g/mol. The fraction of sp³-hybridized carbons (Fsp3) is 0.280. The first-order valence-electron chi connectivity index (χ1n) is 9.17. The maximum atomic E-state index is 11.2. The molecule has 1 atom stereocenters. The number of rotatable bonds is 4. The van der Waals surface area contributed by atoms with Gasteiger partial charge in [0.05, 0.1) is 6.10 Å². The van der Waals surface area contributed by atoms with E-state index in [1.807, 2.05) is 30.3 Å². The van der Waals surface area contributed by atoms with E-state index < -0.39 is 6.10 Å². The number of benzene rings is 2. The molecule has 1 heteroatoms. The van der Waals surface area contributed by atoms with Crippen molar-refractivity contribution < 1.29 is 5.11 Å². The summed E-state index contributed by atoms with van der Waals surface area (Å²) in [5.74, 6) is 0. The Labute approximate surface area is 157 Å². The zero-order valence-electron chi connectivity index (χ0n) is 16.4. The first kappa shape index (κ1) is 18.4. The Balaban J connectivity index is 1.91. The molecule has 0 saturated carbocycles. The Morgan fingerprint density at radius 2 is 1.27 bits per heavy atom. The largest absolute Gasteiger partial charge is 0.387 e. The van der Waals surface area contributed by atoms with Crippen molar-refractivity contribution in [3.05, 3.63) is 100 Å². The molecule has 0 amide bonds. The van der Waals surface area contributed by atoms with Gasteiger partial charge in [-0.1, -0.05) is 72.3 Å². The van der Waals surface area contributed by atoms with E-state index in [-0.39, 0.29) is 5.41 Å². The maximum Gasteiger partial charge on any atom is 0.0918 e. The fourth-order valence-electron chi connectivity index (χ4n) is 4.04. The summed E-state index contributed by atoms with van der Waals surface area (Å²) in [4.78, 5) is 0. The lowest BCUT2D eigenvalue weighted by molar-refractivity contribution is 0.0867. The van der Waals surface area contributed by atoms with Crippen LogP contribution in [0.2, 0.25) is 0 Å². The highest BCUT2D eigenvalue weighted by atomic mass is 16.3. The van der Waals surface area contributed by atoms with Gasteiger partial charge in [-0.25, -0.2) is 0 Å². The van der Waals surface area contributed by atoms with Crippen LogP contribution in [-0.2, 0) is 0 Å². The van der Waals surface area contributed by atoms with Gasteiger partial charge in [-0.15, -0.1) is 0 Å². The van der Waals surface area contributed by atoms with E-state index in [2.05, 4.69) is 65.5 Å². The molecule has 1 unspecified atom stereocenters. The van der Waals surface area contributed by atoms with Crippen molar-refractivity contribution in [2.45, 2.75) is 40.7 Å². The number of aliphatic hydroxyl groups is 1. The van der Waals surface area contributed by atoms with Gasteiger partial charge in [0.1, 0.15) is 0 Å². The summed E-state index contributed by atoms with van der Waals surface area (Å²) in [5, 5.41) is 11.2. The van der Waals surface area contributed by atoms with Crippen molar-refractivity contribution in [1.82, 2.24) is 0 Å². The molecule has 1 aliphatic carbocycles. The van der Waals surface area contributed by atoms with Gasteiger partial charge in [-0.2, -0.15) is 0 Å². The summed E-state index contributed by atoms with van der Waals surface area (Å²) >= 11 is 0. The van der Waals surface area contributed by atoms with E-state index in [1.54, 1.807) is 0 Å². The predicted molar refractivity (Wildman–Crippen MR) is 111 cm³/mol. The third-order valence-corrected chi connectivity index (χ3v) is 6.49. The van der Waals surface area contributed by atoms with Crippen LogP contribution in [-0.4, -0.2) is 5.11 Å². The SMILES string of the molecule is C=C(c1ccccc1)c1ccc(C(O)C2(C)C(C)=C(C)C(C)=C2C)cc1. The average molecular weight is 344 g/mol. The highest BCUT2D eigenvalue weighted by molar-refractivity contribution is 5.78. The standard InChI is InChI=1S/C25H28O/c1-16-17(2)20(5)25(6,19(16)4)24(26)23-14-12-22(13-15-23)18(3)21-10-8-7-9-11-21/h7-15,24,26H,3H2,1-2,4-6H3. The number of allylic oxidation sites excluding steroid dienone is 2. The lowest BCUT2D eigenvalue weighted by Crippen LogP contribution is -2.27. The van der Waals surface area contributed by atoms with Crippen LogP contribution < -0.4 is 0 Å². The molecule has 2 aromatic rings. The van der Waals surface area contributed by atoms with Crippen LogP contribution in [0.3, 0.4) is 0 Å². The minimum Gasteiger partial charge on any atom is -0.387 e. The van der Waals surface area contributed by atoms with Gasteiger partial charge in [0.15, 0.2) is 0 Å². The normalized spacial score (nSPS) is 17.6. The second-order valence-corrected chi connectivity index (χ2v) is 7.57. The Morgan fingerprint density at radius 3 is 1.77 bits per heavy atom. The van der Waals surface area contributed by atoms with Crippen LogP contribution in [0.1, 0.15) is 57.4 Å². The molecule has 0 fully saturated rings. The second-order valence-electron chi connectivity index (χ2n) is 7.57. The van der Waals surface area contributed by atoms with Crippen LogP contribution in [0.25, 0.3) is 5.57 Å². The third-order valence-electron chi connectivity index (χ3n) is 6.49. The zero-order valence-corrected chi connectivity index (χ0v) is 16.4. The van der Waals surface area contributed by atoms with Crippen molar-refractivity contribution in [2.24, 2.45) is 5.41 Å². The minimum atomic E-state index is -0.561. The number of hydrogen-bond donors (Lipinski definition) is 1. The molecule has 0 spiro atoms. The molecule has 1 aliphatic rings. The molecule has 0 heterocycles. The number of aliphatic hydroxyl groups excluding tert-OH is 1. The van der Waals surface area contributed by atoms with Crippen molar-refractivity contribution in [1.29, 1.82) is 0 Å². The van der Waals surface area contributed by atoms with Gasteiger partial charge in [-0.3, -0.25) is 0 Å². The molecule has 0 radical (unpaired) electrons. The molecule has 0 saturated heterocycles. The van der Waals surface area contributed by atoms with Crippen molar-refractivity contribution in [3.63, 3.8) is 0 Å². The summed E-state index contributed by atoms with van der Waals surface area (Å²) in [6, 6.07) is 18.4. The molecular weight excluding hydrogens is 316 g/mol. The molecule has 0 aromatic heterocycles. The third kappa shape index (κ3) is 2.77. The fourth-order valence-corrected chi connectivity index (χ4v) is 4.04.